The van der Waals surface area contributed by atoms with Crippen molar-refractivity contribution in [1.82, 2.24) is 5.32 Å². The minimum Gasteiger partial charge on any atom is -0.465 e. The molecular formula is C13H17F2NO3. The molecule has 2 N–H and O–H groups in total. The summed E-state index contributed by atoms with van der Waals surface area (Å²) in [5.74, 6) is -1.79. The highest BCUT2D eigenvalue weighted by atomic mass is 19.1. The summed E-state index contributed by atoms with van der Waals surface area (Å²) in [5, 5.41) is 12.5. The van der Waals surface area contributed by atoms with Crippen molar-refractivity contribution in [3.63, 3.8) is 0 Å². The van der Waals surface area contributed by atoms with Gasteiger partial charge in [0.15, 0.2) is 0 Å². The molecule has 0 heterocycles. The van der Waals surface area contributed by atoms with Gasteiger partial charge in [-0.2, -0.15) is 0 Å². The molecule has 0 bridgehead atoms. The first-order chi connectivity index (χ1) is 8.95. The molecule has 0 fully saturated rings. The standard InChI is InChI=1S/C13H17F2NO3/c1-3-19-13(18)8(2)16-7-12(17)10-6-9(14)4-5-11(10)15/h4-6,8,12,16-17H,3,7H2,1-2H3. The molecule has 4 nitrogen and oxygen atoms in total. The van der Waals surface area contributed by atoms with E-state index in [4.69, 9.17) is 4.74 Å². The summed E-state index contributed by atoms with van der Waals surface area (Å²) in [4.78, 5) is 11.3. The van der Waals surface area contributed by atoms with Crippen molar-refractivity contribution >= 4 is 5.97 Å². The number of aliphatic hydroxyl groups is 1. The molecule has 0 aromatic heterocycles. The molecule has 0 spiro atoms. The summed E-state index contributed by atoms with van der Waals surface area (Å²) in [7, 11) is 0. The van der Waals surface area contributed by atoms with Crippen LogP contribution in [0.2, 0.25) is 0 Å². The van der Waals surface area contributed by atoms with Crippen LogP contribution in [0.25, 0.3) is 0 Å². The van der Waals surface area contributed by atoms with Gasteiger partial charge in [0.05, 0.1) is 12.7 Å². The fraction of sp³-hybridized carbons (Fsp3) is 0.462. The van der Waals surface area contributed by atoms with E-state index in [1.165, 1.54) is 0 Å². The minimum atomic E-state index is -1.24. The summed E-state index contributed by atoms with van der Waals surface area (Å²) in [6.45, 7) is 3.42. The molecule has 0 radical (unpaired) electrons. The normalized spacial score (nSPS) is 13.9. The van der Waals surface area contributed by atoms with E-state index < -0.39 is 29.7 Å². The number of hydrogen-bond donors (Lipinski definition) is 2. The lowest BCUT2D eigenvalue weighted by Gasteiger charge is -2.16. The number of rotatable bonds is 6. The van der Waals surface area contributed by atoms with Gasteiger partial charge in [0.2, 0.25) is 0 Å². The summed E-state index contributed by atoms with van der Waals surface area (Å²) < 4.78 is 31.1. The molecule has 0 saturated heterocycles. The average molecular weight is 273 g/mol. The first-order valence-electron chi connectivity index (χ1n) is 5.98. The first-order valence-corrected chi connectivity index (χ1v) is 5.98. The largest absolute Gasteiger partial charge is 0.465 e. The molecular weight excluding hydrogens is 256 g/mol. The molecule has 0 aliphatic rings. The van der Waals surface area contributed by atoms with Crippen LogP contribution in [-0.2, 0) is 9.53 Å². The van der Waals surface area contributed by atoms with Crippen LogP contribution >= 0.6 is 0 Å². The number of ether oxygens (including phenoxy) is 1. The molecule has 19 heavy (non-hydrogen) atoms. The molecule has 6 heteroatoms. The minimum absolute atomic E-state index is 0.0830. The van der Waals surface area contributed by atoms with E-state index in [0.717, 1.165) is 18.2 Å². The fourth-order valence-corrected chi connectivity index (χ4v) is 1.52. The van der Waals surface area contributed by atoms with Gasteiger partial charge in [0.25, 0.3) is 0 Å². The van der Waals surface area contributed by atoms with E-state index in [1.807, 2.05) is 0 Å². The number of nitrogens with one attached hydrogen (secondary N) is 1. The Bertz CT molecular complexity index is 440. The predicted molar refractivity (Wildman–Crippen MR) is 65.4 cm³/mol. The fourth-order valence-electron chi connectivity index (χ4n) is 1.52. The van der Waals surface area contributed by atoms with Crippen LogP contribution in [0.5, 0.6) is 0 Å². The van der Waals surface area contributed by atoms with Gasteiger partial charge in [0.1, 0.15) is 17.7 Å². The molecule has 1 aromatic carbocycles. The van der Waals surface area contributed by atoms with Crippen LogP contribution in [0.1, 0.15) is 25.5 Å². The van der Waals surface area contributed by atoms with E-state index in [1.54, 1.807) is 13.8 Å². The van der Waals surface area contributed by atoms with Crippen LogP contribution in [0, 0.1) is 11.6 Å². The van der Waals surface area contributed by atoms with Gasteiger partial charge < -0.3 is 15.2 Å². The van der Waals surface area contributed by atoms with Crippen molar-refractivity contribution in [2.45, 2.75) is 26.0 Å². The molecule has 1 aromatic rings. The van der Waals surface area contributed by atoms with E-state index in [0.29, 0.717) is 0 Å². The number of carbonyl (C=O) groups is 1. The average Bonchev–Trinajstić information content (AvgIpc) is 2.38. The van der Waals surface area contributed by atoms with Crippen molar-refractivity contribution in [2.75, 3.05) is 13.2 Å². The third-order valence-electron chi connectivity index (χ3n) is 2.57. The number of carbonyl (C=O) groups excluding carboxylic acids is 1. The molecule has 2 unspecified atom stereocenters. The zero-order chi connectivity index (χ0) is 14.4. The quantitative estimate of drug-likeness (QED) is 0.772. The summed E-state index contributed by atoms with van der Waals surface area (Å²) >= 11 is 0. The lowest BCUT2D eigenvalue weighted by molar-refractivity contribution is -0.145. The van der Waals surface area contributed by atoms with Gasteiger partial charge >= 0.3 is 5.97 Å². The van der Waals surface area contributed by atoms with Crippen molar-refractivity contribution < 1.29 is 23.4 Å². The van der Waals surface area contributed by atoms with Crippen LogP contribution in [0.15, 0.2) is 18.2 Å². The maximum Gasteiger partial charge on any atom is 0.322 e. The third kappa shape index (κ3) is 4.57. The number of aliphatic hydroxyl groups excluding tert-OH is 1. The number of esters is 1. The van der Waals surface area contributed by atoms with Gasteiger partial charge in [-0.25, -0.2) is 8.78 Å². The molecule has 1 rings (SSSR count). The predicted octanol–water partition coefficient (Wildman–Crippen LogP) is 1.54. The van der Waals surface area contributed by atoms with Gasteiger partial charge in [0, 0.05) is 12.1 Å². The Morgan fingerprint density at radius 1 is 1.47 bits per heavy atom. The Morgan fingerprint density at radius 3 is 2.79 bits per heavy atom. The second-order valence-electron chi connectivity index (χ2n) is 4.06. The molecule has 0 saturated carbocycles. The summed E-state index contributed by atoms with van der Waals surface area (Å²) in [6.07, 6.45) is -1.24. The Balaban J connectivity index is 2.57. The second-order valence-corrected chi connectivity index (χ2v) is 4.06. The van der Waals surface area contributed by atoms with Crippen LogP contribution in [0.3, 0.4) is 0 Å². The van der Waals surface area contributed by atoms with Crippen molar-refractivity contribution in [1.29, 1.82) is 0 Å². The zero-order valence-electron chi connectivity index (χ0n) is 10.8. The Kier molecular flexibility index (Phi) is 5.85. The Hall–Kier alpha value is -1.53. The van der Waals surface area contributed by atoms with Crippen molar-refractivity contribution in [2.24, 2.45) is 0 Å². The number of halogens is 2. The molecule has 2 atom stereocenters. The van der Waals surface area contributed by atoms with Gasteiger partial charge in [-0.3, -0.25) is 4.79 Å². The summed E-state index contributed by atoms with van der Waals surface area (Å²) in [6, 6.07) is 2.21. The Labute approximate surface area is 110 Å². The highest BCUT2D eigenvalue weighted by Crippen LogP contribution is 2.17. The lowest BCUT2D eigenvalue weighted by Crippen LogP contribution is -2.38. The topological polar surface area (TPSA) is 58.6 Å². The first kappa shape index (κ1) is 15.5. The third-order valence-corrected chi connectivity index (χ3v) is 2.57. The van der Waals surface area contributed by atoms with Crippen LogP contribution in [0.4, 0.5) is 8.78 Å². The molecule has 106 valence electrons. The van der Waals surface area contributed by atoms with Crippen LogP contribution in [-0.4, -0.2) is 30.3 Å². The van der Waals surface area contributed by atoms with Crippen LogP contribution < -0.4 is 5.32 Å². The molecule has 0 aliphatic carbocycles. The van der Waals surface area contributed by atoms with E-state index in [2.05, 4.69) is 5.32 Å². The highest BCUT2D eigenvalue weighted by molar-refractivity contribution is 5.75. The van der Waals surface area contributed by atoms with E-state index in [-0.39, 0.29) is 18.7 Å². The number of benzene rings is 1. The smallest absolute Gasteiger partial charge is 0.322 e. The van der Waals surface area contributed by atoms with Gasteiger partial charge in [-0.1, -0.05) is 0 Å². The highest BCUT2D eigenvalue weighted by Gasteiger charge is 2.18. The number of hydrogen-bond acceptors (Lipinski definition) is 4. The lowest BCUT2D eigenvalue weighted by atomic mass is 10.1. The zero-order valence-corrected chi connectivity index (χ0v) is 10.8. The monoisotopic (exact) mass is 273 g/mol. The molecule has 0 aliphatic heterocycles. The van der Waals surface area contributed by atoms with Crippen molar-refractivity contribution in [3.8, 4) is 0 Å². The van der Waals surface area contributed by atoms with E-state index in [9.17, 15) is 18.7 Å². The van der Waals surface area contributed by atoms with Gasteiger partial charge in [-0.15, -0.1) is 0 Å². The maximum absolute atomic E-state index is 13.4. The summed E-state index contributed by atoms with van der Waals surface area (Å²) in [5.41, 5.74) is -0.149. The van der Waals surface area contributed by atoms with Crippen molar-refractivity contribution in [3.05, 3.63) is 35.4 Å². The van der Waals surface area contributed by atoms with E-state index >= 15 is 0 Å². The molecule has 0 amide bonds. The second kappa shape index (κ2) is 7.16. The van der Waals surface area contributed by atoms with Gasteiger partial charge in [-0.05, 0) is 32.0 Å². The SMILES string of the molecule is CCOC(=O)C(C)NCC(O)c1cc(F)ccc1F. The maximum atomic E-state index is 13.4. The Morgan fingerprint density at radius 2 is 2.16 bits per heavy atom.